The minimum atomic E-state index is -0.487. The van der Waals surface area contributed by atoms with Crippen LogP contribution in [-0.4, -0.2) is 18.6 Å². The zero-order valence-electron chi connectivity index (χ0n) is 12.2. The first-order chi connectivity index (χ1) is 8.81. The molecular weight excluding hydrogens is 306 g/mol. The number of halogens is 1. The van der Waals surface area contributed by atoms with Crippen LogP contribution in [0.15, 0.2) is 16.6 Å². The summed E-state index contributed by atoms with van der Waals surface area (Å²) in [5.74, 6) is 1.09. The summed E-state index contributed by atoms with van der Waals surface area (Å²) in [7, 11) is 0. The number of rotatable bonds is 5. The summed E-state index contributed by atoms with van der Waals surface area (Å²) in [6, 6.07) is 3.87. The van der Waals surface area contributed by atoms with Crippen LogP contribution in [0.1, 0.15) is 31.9 Å². The predicted octanol–water partition coefficient (Wildman–Crippen LogP) is 3.61. The fourth-order valence-corrected chi connectivity index (χ4v) is 1.91. The molecule has 0 heterocycles. The quantitative estimate of drug-likeness (QED) is 0.897. The molecule has 4 heteroatoms. The number of amides is 1. The van der Waals surface area contributed by atoms with Gasteiger partial charge in [0.05, 0.1) is 0 Å². The number of carbonyl (C=O) groups is 1. The van der Waals surface area contributed by atoms with Crippen LogP contribution in [0.2, 0.25) is 0 Å². The number of hydrogen-bond donors (Lipinski definition) is 1. The van der Waals surface area contributed by atoms with Crippen LogP contribution >= 0.6 is 15.9 Å². The Morgan fingerprint density at radius 1 is 1.26 bits per heavy atom. The maximum Gasteiger partial charge on any atom is 0.260 e. The molecule has 1 amide bonds. The van der Waals surface area contributed by atoms with Crippen LogP contribution in [0.3, 0.4) is 0 Å². The fraction of sp³-hybridized carbons (Fsp3) is 0.533. The lowest BCUT2D eigenvalue weighted by Gasteiger charge is -2.17. The second-order valence-electron chi connectivity index (χ2n) is 5.27. The molecule has 0 radical (unpaired) electrons. The number of aryl methyl sites for hydroxylation is 2. The molecule has 106 valence electrons. The van der Waals surface area contributed by atoms with Crippen molar-refractivity contribution >= 4 is 21.8 Å². The van der Waals surface area contributed by atoms with E-state index in [2.05, 4.69) is 35.1 Å². The Bertz CT molecular complexity index is 434. The lowest BCUT2D eigenvalue weighted by atomic mass is 10.1. The van der Waals surface area contributed by atoms with Crippen LogP contribution in [0.5, 0.6) is 5.75 Å². The third kappa shape index (κ3) is 4.86. The van der Waals surface area contributed by atoms with Gasteiger partial charge >= 0.3 is 0 Å². The van der Waals surface area contributed by atoms with E-state index in [0.29, 0.717) is 12.5 Å². The van der Waals surface area contributed by atoms with Gasteiger partial charge in [-0.2, -0.15) is 0 Å². The van der Waals surface area contributed by atoms with E-state index >= 15 is 0 Å². The Labute approximate surface area is 123 Å². The second kappa shape index (κ2) is 6.94. The van der Waals surface area contributed by atoms with Crippen LogP contribution in [-0.2, 0) is 4.79 Å². The molecule has 0 aliphatic rings. The zero-order chi connectivity index (χ0) is 14.6. The van der Waals surface area contributed by atoms with Crippen molar-refractivity contribution in [1.29, 1.82) is 0 Å². The molecule has 1 aromatic rings. The molecule has 19 heavy (non-hydrogen) atoms. The summed E-state index contributed by atoms with van der Waals surface area (Å²) in [5, 5.41) is 2.87. The number of carbonyl (C=O) groups excluding carboxylic acids is 1. The molecule has 0 saturated carbocycles. The number of hydrogen-bond acceptors (Lipinski definition) is 2. The molecule has 0 saturated heterocycles. The molecular formula is C15H22BrNO2. The molecule has 0 aliphatic carbocycles. The Hall–Kier alpha value is -1.03. The van der Waals surface area contributed by atoms with Gasteiger partial charge in [-0.1, -0.05) is 29.8 Å². The average molecular weight is 328 g/mol. The van der Waals surface area contributed by atoms with Crippen molar-refractivity contribution in [3.8, 4) is 5.75 Å². The minimum absolute atomic E-state index is 0.0769. The molecule has 1 N–H and O–H groups in total. The van der Waals surface area contributed by atoms with Crippen LogP contribution < -0.4 is 10.1 Å². The monoisotopic (exact) mass is 327 g/mol. The molecule has 0 aliphatic heterocycles. The molecule has 0 spiro atoms. The van der Waals surface area contributed by atoms with E-state index in [1.807, 2.05) is 26.0 Å². The van der Waals surface area contributed by atoms with Crippen molar-refractivity contribution in [3.63, 3.8) is 0 Å². The van der Waals surface area contributed by atoms with Gasteiger partial charge in [0, 0.05) is 11.0 Å². The van der Waals surface area contributed by atoms with E-state index in [4.69, 9.17) is 4.74 Å². The SMILES string of the molecule is Cc1cc(OC(C)C(=O)NCC(C)C)cc(C)c1Br. The van der Waals surface area contributed by atoms with Crippen LogP contribution in [0.25, 0.3) is 0 Å². The van der Waals surface area contributed by atoms with Crippen molar-refractivity contribution in [2.45, 2.75) is 40.7 Å². The highest BCUT2D eigenvalue weighted by Gasteiger charge is 2.15. The van der Waals surface area contributed by atoms with Gasteiger partial charge in [-0.3, -0.25) is 4.79 Å². The summed E-state index contributed by atoms with van der Waals surface area (Å²) in [4.78, 5) is 11.8. The normalized spacial score (nSPS) is 12.4. The van der Waals surface area contributed by atoms with Gasteiger partial charge in [-0.15, -0.1) is 0 Å². The smallest absolute Gasteiger partial charge is 0.260 e. The molecule has 1 rings (SSSR count). The third-order valence-corrected chi connectivity index (χ3v) is 4.03. The molecule has 1 unspecified atom stereocenters. The van der Waals surface area contributed by atoms with Gasteiger partial charge in [-0.25, -0.2) is 0 Å². The highest BCUT2D eigenvalue weighted by atomic mass is 79.9. The molecule has 0 fully saturated rings. The van der Waals surface area contributed by atoms with Crippen LogP contribution in [0, 0.1) is 19.8 Å². The number of benzene rings is 1. The molecule has 1 aromatic carbocycles. The first-order valence-electron chi connectivity index (χ1n) is 6.52. The van der Waals surface area contributed by atoms with E-state index in [1.165, 1.54) is 0 Å². The molecule has 0 aromatic heterocycles. The van der Waals surface area contributed by atoms with Gasteiger partial charge in [-0.05, 0) is 49.9 Å². The maximum atomic E-state index is 11.8. The van der Waals surface area contributed by atoms with E-state index < -0.39 is 6.10 Å². The van der Waals surface area contributed by atoms with E-state index in [-0.39, 0.29) is 5.91 Å². The molecule has 1 atom stereocenters. The van der Waals surface area contributed by atoms with Gasteiger partial charge in [0.2, 0.25) is 0 Å². The Kier molecular flexibility index (Phi) is 5.85. The Morgan fingerprint density at radius 3 is 2.26 bits per heavy atom. The fourth-order valence-electron chi connectivity index (χ4n) is 1.68. The predicted molar refractivity (Wildman–Crippen MR) is 81.6 cm³/mol. The second-order valence-corrected chi connectivity index (χ2v) is 6.06. The Balaban J connectivity index is 2.66. The van der Waals surface area contributed by atoms with Gasteiger partial charge in [0.1, 0.15) is 5.75 Å². The molecule has 3 nitrogen and oxygen atoms in total. The van der Waals surface area contributed by atoms with E-state index in [0.717, 1.165) is 21.3 Å². The maximum absolute atomic E-state index is 11.8. The largest absolute Gasteiger partial charge is 0.481 e. The number of nitrogens with one attached hydrogen (secondary N) is 1. The lowest BCUT2D eigenvalue weighted by molar-refractivity contribution is -0.127. The minimum Gasteiger partial charge on any atom is -0.481 e. The van der Waals surface area contributed by atoms with E-state index in [1.54, 1.807) is 6.92 Å². The standard InChI is InChI=1S/C15H22BrNO2/c1-9(2)8-17-15(18)12(5)19-13-6-10(3)14(16)11(4)7-13/h6-7,9,12H,8H2,1-5H3,(H,17,18). The highest BCUT2D eigenvalue weighted by molar-refractivity contribution is 9.10. The average Bonchev–Trinajstić information content (AvgIpc) is 2.32. The van der Waals surface area contributed by atoms with Gasteiger partial charge in [0.25, 0.3) is 5.91 Å². The van der Waals surface area contributed by atoms with Crippen LogP contribution in [0.4, 0.5) is 0 Å². The summed E-state index contributed by atoms with van der Waals surface area (Å²) in [6.07, 6.45) is -0.487. The molecule has 0 bridgehead atoms. The summed E-state index contributed by atoms with van der Waals surface area (Å²) >= 11 is 3.51. The van der Waals surface area contributed by atoms with Crippen molar-refractivity contribution in [1.82, 2.24) is 5.32 Å². The van der Waals surface area contributed by atoms with Gasteiger partial charge < -0.3 is 10.1 Å². The lowest BCUT2D eigenvalue weighted by Crippen LogP contribution is -2.38. The zero-order valence-corrected chi connectivity index (χ0v) is 13.8. The number of ether oxygens (including phenoxy) is 1. The van der Waals surface area contributed by atoms with Gasteiger partial charge in [0.15, 0.2) is 6.10 Å². The van der Waals surface area contributed by atoms with Crippen molar-refractivity contribution in [2.24, 2.45) is 5.92 Å². The highest BCUT2D eigenvalue weighted by Crippen LogP contribution is 2.26. The Morgan fingerprint density at radius 2 is 1.79 bits per heavy atom. The topological polar surface area (TPSA) is 38.3 Å². The van der Waals surface area contributed by atoms with Crippen molar-refractivity contribution in [3.05, 3.63) is 27.7 Å². The van der Waals surface area contributed by atoms with E-state index in [9.17, 15) is 4.79 Å². The van der Waals surface area contributed by atoms with Crippen molar-refractivity contribution < 1.29 is 9.53 Å². The summed E-state index contributed by atoms with van der Waals surface area (Å²) < 4.78 is 6.77. The first kappa shape index (κ1) is 16.0. The summed E-state index contributed by atoms with van der Waals surface area (Å²) in [5.41, 5.74) is 2.20. The third-order valence-electron chi connectivity index (χ3n) is 2.78. The first-order valence-corrected chi connectivity index (χ1v) is 7.31. The summed E-state index contributed by atoms with van der Waals surface area (Å²) in [6.45, 7) is 10.6. The van der Waals surface area contributed by atoms with Crippen molar-refractivity contribution in [2.75, 3.05) is 6.54 Å².